The molecule has 1 aromatic carbocycles. The summed E-state index contributed by atoms with van der Waals surface area (Å²) in [5.74, 6) is -3.42. The summed E-state index contributed by atoms with van der Waals surface area (Å²) >= 11 is 0. The molecule has 28 heavy (non-hydrogen) atoms. The number of carbonyl (C=O) groups is 3. The number of ketones is 1. The van der Waals surface area contributed by atoms with Gasteiger partial charge in [0.1, 0.15) is 5.69 Å². The predicted octanol–water partition coefficient (Wildman–Crippen LogP) is 2.76. The van der Waals surface area contributed by atoms with E-state index in [1.54, 1.807) is 6.92 Å². The van der Waals surface area contributed by atoms with Crippen LogP contribution in [0.2, 0.25) is 0 Å². The molecule has 7 nitrogen and oxygen atoms in total. The average molecular weight is 391 g/mol. The van der Waals surface area contributed by atoms with Crippen molar-refractivity contribution in [3.63, 3.8) is 0 Å². The van der Waals surface area contributed by atoms with E-state index < -0.39 is 29.7 Å². The van der Waals surface area contributed by atoms with Crippen LogP contribution in [0.1, 0.15) is 28.8 Å². The first-order valence-corrected chi connectivity index (χ1v) is 8.00. The zero-order chi connectivity index (χ0) is 20.5. The van der Waals surface area contributed by atoms with Crippen LogP contribution < -0.4 is 5.32 Å². The Labute approximate surface area is 156 Å². The average Bonchev–Trinajstić information content (AvgIpc) is 2.91. The maximum absolute atomic E-state index is 12.8. The Hall–Kier alpha value is -3.56. The van der Waals surface area contributed by atoms with Crippen molar-refractivity contribution in [3.05, 3.63) is 53.6 Å². The van der Waals surface area contributed by atoms with Gasteiger partial charge in [-0.3, -0.25) is 9.59 Å². The molecule has 0 saturated carbocycles. The SMILES string of the molecule is CCOC(=O)/C=C/C(=O)Nc1ccc2c(c1)C(=O)c1nc(C(F)(F)F)ncc1-2. The maximum Gasteiger partial charge on any atom is 0.451 e. The third kappa shape index (κ3) is 3.75. The summed E-state index contributed by atoms with van der Waals surface area (Å²) in [6, 6.07) is 4.26. The summed E-state index contributed by atoms with van der Waals surface area (Å²) in [5, 5.41) is 2.45. The lowest BCUT2D eigenvalue weighted by Crippen LogP contribution is -2.13. The molecule has 0 radical (unpaired) electrons. The van der Waals surface area contributed by atoms with Gasteiger partial charge in [-0.25, -0.2) is 14.8 Å². The molecule has 0 spiro atoms. The number of hydrogen-bond acceptors (Lipinski definition) is 6. The fourth-order valence-corrected chi connectivity index (χ4v) is 2.58. The summed E-state index contributed by atoms with van der Waals surface area (Å²) in [6.45, 7) is 1.78. The van der Waals surface area contributed by atoms with E-state index in [2.05, 4.69) is 20.0 Å². The van der Waals surface area contributed by atoms with Gasteiger partial charge < -0.3 is 10.1 Å². The second-order valence-corrected chi connectivity index (χ2v) is 5.62. The van der Waals surface area contributed by atoms with Crippen LogP contribution in [0, 0.1) is 0 Å². The zero-order valence-electron chi connectivity index (χ0n) is 14.3. The van der Waals surface area contributed by atoms with Crippen LogP contribution in [0.5, 0.6) is 0 Å². The largest absolute Gasteiger partial charge is 0.463 e. The van der Waals surface area contributed by atoms with E-state index in [4.69, 9.17) is 0 Å². The van der Waals surface area contributed by atoms with Gasteiger partial charge in [0.25, 0.3) is 0 Å². The van der Waals surface area contributed by atoms with E-state index in [1.165, 1.54) is 18.2 Å². The van der Waals surface area contributed by atoms with E-state index >= 15 is 0 Å². The van der Waals surface area contributed by atoms with Crippen molar-refractivity contribution in [3.8, 4) is 11.1 Å². The highest BCUT2D eigenvalue weighted by molar-refractivity contribution is 6.21. The standard InChI is InChI=1S/C18H12F3N3O4/c1-2-28-14(26)6-5-13(25)23-9-3-4-10-11(7-9)16(27)15-12(10)8-22-17(24-15)18(19,20)21/h3-8H,2H2,1H3,(H,23,25)/b6-5+. The number of amides is 1. The molecule has 0 saturated heterocycles. The predicted molar refractivity (Wildman–Crippen MR) is 90.3 cm³/mol. The van der Waals surface area contributed by atoms with Gasteiger partial charge in [-0.1, -0.05) is 6.07 Å². The molecule has 0 unspecified atom stereocenters. The number of halogens is 3. The Kier molecular flexibility index (Phi) is 4.95. The minimum Gasteiger partial charge on any atom is -0.463 e. The van der Waals surface area contributed by atoms with Crippen LogP contribution in [0.15, 0.2) is 36.5 Å². The van der Waals surface area contributed by atoms with Gasteiger partial charge in [0.15, 0.2) is 0 Å². The molecule has 0 atom stereocenters. The smallest absolute Gasteiger partial charge is 0.451 e. The third-order valence-electron chi connectivity index (χ3n) is 3.74. The van der Waals surface area contributed by atoms with Gasteiger partial charge in [0, 0.05) is 35.2 Å². The van der Waals surface area contributed by atoms with Crippen LogP contribution in [0.4, 0.5) is 18.9 Å². The first kappa shape index (κ1) is 19.2. The van der Waals surface area contributed by atoms with Gasteiger partial charge in [0.05, 0.1) is 6.61 Å². The fourth-order valence-electron chi connectivity index (χ4n) is 2.58. The second kappa shape index (κ2) is 7.22. The molecule has 1 N–H and O–H groups in total. The second-order valence-electron chi connectivity index (χ2n) is 5.62. The number of nitrogens with one attached hydrogen (secondary N) is 1. The number of fused-ring (bicyclic) bond motifs is 3. The molecule has 144 valence electrons. The molecule has 2 aromatic rings. The van der Waals surface area contributed by atoms with Gasteiger partial charge in [-0.05, 0) is 24.6 Å². The number of nitrogens with zero attached hydrogens (tertiary/aromatic N) is 2. The topological polar surface area (TPSA) is 98.2 Å². The van der Waals surface area contributed by atoms with Crippen LogP contribution in [0.3, 0.4) is 0 Å². The summed E-state index contributed by atoms with van der Waals surface area (Å²) in [6.07, 6.45) is -1.91. The van der Waals surface area contributed by atoms with Gasteiger partial charge in [-0.2, -0.15) is 13.2 Å². The van der Waals surface area contributed by atoms with Crippen molar-refractivity contribution < 1.29 is 32.3 Å². The fraction of sp³-hybridized carbons (Fsp3) is 0.167. The Morgan fingerprint density at radius 2 is 1.93 bits per heavy atom. The van der Waals surface area contributed by atoms with Crippen molar-refractivity contribution in [1.82, 2.24) is 9.97 Å². The number of aromatic nitrogens is 2. The number of hydrogen-bond donors (Lipinski definition) is 1. The summed E-state index contributed by atoms with van der Waals surface area (Å²) in [5.41, 5.74) is 0.531. The van der Waals surface area contributed by atoms with Crippen molar-refractivity contribution in [2.45, 2.75) is 13.1 Å². The van der Waals surface area contributed by atoms with Crippen LogP contribution in [0.25, 0.3) is 11.1 Å². The van der Waals surface area contributed by atoms with Crippen molar-refractivity contribution in [1.29, 1.82) is 0 Å². The van der Waals surface area contributed by atoms with E-state index in [0.717, 1.165) is 18.3 Å². The molecule has 10 heteroatoms. The quantitative estimate of drug-likeness (QED) is 0.543. The Balaban J connectivity index is 1.83. The van der Waals surface area contributed by atoms with Crippen LogP contribution in [-0.4, -0.2) is 34.2 Å². The van der Waals surface area contributed by atoms with Crippen molar-refractivity contribution in [2.75, 3.05) is 11.9 Å². The summed E-state index contributed by atoms with van der Waals surface area (Å²) < 4.78 is 43.0. The molecule has 0 aliphatic heterocycles. The van der Waals surface area contributed by atoms with Gasteiger partial charge in [0.2, 0.25) is 17.5 Å². The molecule has 1 amide bonds. The van der Waals surface area contributed by atoms with E-state index in [0.29, 0.717) is 5.56 Å². The lowest BCUT2D eigenvalue weighted by atomic mass is 10.1. The first-order chi connectivity index (χ1) is 13.2. The van der Waals surface area contributed by atoms with Crippen LogP contribution in [-0.2, 0) is 20.5 Å². The number of anilines is 1. The molecule has 0 fully saturated rings. The highest BCUT2D eigenvalue weighted by Gasteiger charge is 2.38. The monoisotopic (exact) mass is 391 g/mol. The Morgan fingerprint density at radius 3 is 2.61 bits per heavy atom. The van der Waals surface area contributed by atoms with Gasteiger partial charge in [-0.15, -0.1) is 0 Å². The minimum atomic E-state index is -4.77. The van der Waals surface area contributed by atoms with Crippen LogP contribution >= 0.6 is 0 Å². The van der Waals surface area contributed by atoms with Gasteiger partial charge >= 0.3 is 12.1 Å². The molecular formula is C18H12F3N3O4. The lowest BCUT2D eigenvalue weighted by molar-refractivity contribution is -0.145. The molecule has 1 aliphatic carbocycles. The van der Waals surface area contributed by atoms with E-state index in [1.807, 2.05) is 0 Å². The maximum atomic E-state index is 12.8. The number of carbonyl (C=O) groups excluding carboxylic acids is 3. The number of alkyl halides is 3. The van der Waals surface area contributed by atoms with Crippen molar-refractivity contribution in [2.24, 2.45) is 0 Å². The zero-order valence-corrected chi connectivity index (χ0v) is 14.3. The molecule has 1 aliphatic rings. The normalized spacial score (nSPS) is 12.6. The third-order valence-corrected chi connectivity index (χ3v) is 3.74. The molecule has 3 rings (SSSR count). The van der Waals surface area contributed by atoms with Crippen molar-refractivity contribution >= 4 is 23.3 Å². The summed E-state index contributed by atoms with van der Waals surface area (Å²) in [7, 11) is 0. The molecule has 1 heterocycles. The number of esters is 1. The number of ether oxygens (including phenoxy) is 1. The highest BCUT2D eigenvalue weighted by atomic mass is 19.4. The molecule has 0 bridgehead atoms. The Morgan fingerprint density at radius 1 is 1.18 bits per heavy atom. The molecular weight excluding hydrogens is 379 g/mol. The lowest BCUT2D eigenvalue weighted by Gasteiger charge is -2.06. The minimum absolute atomic E-state index is 0.0933. The first-order valence-electron chi connectivity index (χ1n) is 8.00. The number of rotatable bonds is 4. The van der Waals surface area contributed by atoms with E-state index in [9.17, 15) is 27.6 Å². The number of benzene rings is 1. The highest BCUT2D eigenvalue weighted by Crippen LogP contribution is 2.38. The molecule has 1 aromatic heterocycles. The Bertz CT molecular complexity index is 1020. The van der Waals surface area contributed by atoms with E-state index in [-0.39, 0.29) is 29.1 Å². The summed E-state index contributed by atoms with van der Waals surface area (Å²) in [4.78, 5) is 42.1.